The Morgan fingerprint density at radius 1 is 0.697 bits per heavy atom. The van der Waals surface area contributed by atoms with Crippen LogP contribution in [0.3, 0.4) is 0 Å². The highest BCUT2D eigenvalue weighted by Gasteiger charge is 2.30. The smallest absolute Gasteiger partial charge is 0.121 e. The maximum Gasteiger partial charge on any atom is 0.121 e. The molecule has 1 unspecified atom stereocenters. The molecule has 0 radical (unpaired) electrons. The van der Waals surface area contributed by atoms with Crippen molar-refractivity contribution in [2.24, 2.45) is 5.73 Å². The van der Waals surface area contributed by atoms with Crippen LogP contribution in [-0.4, -0.2) is 9.57 Å². The molecular weight excluding hydrogens is 424 g/mol. The Bertz CT molecular complexity index is 1540. The van der Waals surface area contributed by atoms with Crippen molar-refractivity contribution in [3.63, 3.8) is 0 Å². The number of hydrogen-bond donors (Lipinski definition) is 1. The number of rotatable bonds is 3. The molecule has 1 aliphatic carbocycles. The third kappa shape index (κ3) is 3.39. The summed E-state index contributed by atoms with van der Waals surface area (Å²) in [5, 5.41) is 2.48. The number of aromatic nitrogens is 1. The van der Waals surface area contributed by atoms with Gasteiger partial charge in [0.2, 0.25) is 0 Å². The monoisotopic (exact) mass is 446 g/mol. The van der Waals surface area contributed by atoms with Crippen LogP contribution in [0, 0.1) is 0 Å². The maximum absolute atomic E-state index is 6.73. The summed E-state index contributed by atoms with van der Waals surface area (Å²) in [4.78, 5) is -0.904. The third-order valence-electron chi connectivity index (χ3n) is 6.47. The number of nitrogens with two attached hydrogens (primary N) is 1. The highest BCUT2D eigenvalue weighted by Crippen LogP contribution is 2.40. The summed E-state index contributed by atoms with van der Waals surface area (Å²) < 4.78 is 2.33. The van der Waals surface area contributed by atoms with Crippen molar-refractivity contribution >= 4 is 44.6 Å². The first kappa shape index (κ1) is 20.0. The topological polar surface area (TPSA) is 30.9 Å². The molecule has 1 heterocycles. The minimum atomic E-state index is -0.904. The molecule has 0 amide bonds. The summed E-state index contributed by atoms with van der Waals surface area (Å²) in [6.07, 6.45) is 4.87. The van der Waals surface area contributed by atoms with Crippen molar-refractivity contribution in [2.45, 2.75) is 11.4 Å². The van der Waals surface area contributed by atoms with Crippen LogP contribution in [0.5, 0.6) is 0 Å². The molecule has 1 atom stereocenters. The molecule has 5 aromatic rings. The van der Waals surface area contributed by atoms with Crippen molar-refractivity contribution in [1.29, 1.82) is 0 Å². The number of fused-ring (bicyclic) bond motifs is 3. The van der Waals surface area contributed by atoms with E-state index in [9.17, 15) is 0 Å². The van der Waals surface area contributed by atoms with E-state index in [1.807, 2.05) is 18.2 Å². The van der Waals surface area contributed by atoms with Gasteiger partial charge in [-0.3, -0.25) is 0 Å². The van der Waals surface area contributed by atoms with E-state index in [-0.39, 0.29) is 0 Å². The molecule has 33 heavy (non-hydrogen) atoms. The molecule has 1 aliphatic rings. The fourth-order valence-electron chi connectivity index (χ4n) is 4.85. The van der Waals surface area contributed by atoms with E-state index < -0.39 is 5.00 Å². The van der Waals surface area contributed by atoms with Crippen molar-refractivity contribution in [1.82, 2.24) is 4.57 Å². The molecule has 2 nitrogen and oxygen atoms in total. The van der Waals surface area contributed by atoms with Gasteiger partial charge < -0.3 is 10.3 Å². The second-order valence-corrected chi connectivity index (χ2v) is 9.24. The van der Waals surface area contributed by atoms with E-state index in [2.05, 4.69) is 102 Å². The summed E-state index contributed by atoms with van der Waals surface area (Å²) in [7, 11) is 0. The van der Waals surface area contributed by atoms with Gasteiger partial charge in [-0.1, -0.05) is 90.5 Å². The van der Waals surface area contributed by atoms with Crippen LogP contribution >= 0.6 is 11.6 Å². The van der Waals surface area contributed by atoms with Gasteiger partial charge in [0.05, 0.1) is 11.0 Å². The van der Waals surface area contributed by atoms with Gasteiger partial charge in [0.15, 0.2) is 0 Å². The van der Waals surface area contributed by atoms with Crippen LogP contribution in [0.1, 0.15) is 17.5 Å². The average molecular weight is 447 g/mol. The van der Waals surface area contributed by atoms with Crippen molar-refractivity contribution < 1.29 is 0 Å². The zero-order chi connectivity index (χ0) is 22.4. The second-order valence-electron chi connectivity index (χ2n) is 8.57. The highest BCUT2D eigenvalue weighted by molar-refractivity contribution is 6.30. The zero-order valence-corrected chi connectivity index (χ0v) is 18.8. The summed E-state index contributed by atoms with van der Waals surface area (Å²) >= 11 is 6.73. The standard InChI is InChI=1S/C30H23ClN2/c31-30(32)18-17-23(20-27(30)21-9-3-1-4-10-21)22-15-16-29-26(19-22)25-13-7-8-14-28(25)33(29)24-11-5-2-6-12-24/h1-17,19-20H,18,32H2. The van der Waals surface area contributed by atoms with Crippen molar-refractivity contribution in [3.05, 3.63) is 126 Å². The molecule has 6 rings (SSSR count). The number of nitrogens with zero attached hydrogens (tertiary/aromatic N) is 1. The van der Waals surface area contributed by atoms with Crippen LogP contribution in [-0.2, 0) is 0 Å². The Morgan fingerprint density at radius 2 is 1.36 bits per heavy atom. The summed E-state index contributed by atoms with van der Waals surface area (Å²) in [6.45, 7) is 0. The third-order valence-corrected chi connectivity index (χ3v) is 6.83. The number of alkyl halides is 1. The van der Waals surface area contributed by atoms with Crippen LogP contribution in [0.4, 0.5) is 0 Å². The summed E-state index contributed by atoms with van der Waals surface area (Å²) in [5.74, 6) is 0. The van der Waals surface area contributed by atoms with Gasteiger partial charge in [-0.25, -0.2) is 0 Å². The normalized spacial score (nSPS) is 18.4. The fraction of sp³-hybridized carbons (Fsp3) is 0.0667. The lowest BCUT2D eigenvalue weighted by Gasteiger charge is -2.29. The van der Waals surface area contributed by atoms with E-state index in [0.29, 0.717) is 6.42 Å². The van der Waals surface area contributed by atoms with Crippen molar-refractivity contribution in [3.8, 4) is 5.69 Å². The molecule has 3 heteroatoms. The Morgan fingerprint density at radius 3 is 2.15 bits per heavy atom. The number of benzene rings is 4. The van der Waals surface area contributed by atoms with Gasteiger partial charge in [0.1, 0.15) is 5.00 Å². The molecule has 0 aliphatic heterocycles. The second kappa shape index (κ2) is 7.77. The molecule has 0 spiro atoms. The number of para-hydroxylation sites is 2. The number of allylic oxidation sites excluding steroid dienone is 2. The molecule has 4 aromatic carbocycles. The maximum atomic E-state index is 6.73. The molecule has 160 valence electrons. The minimum Gasteiger partial charge on any atom is -0.309 e. The Hall–Kier alpha value is -3.59. The molecule has 0 saturated heterocycles. The summed E-state index contributed by atoms with van der Waals surface area (Å²) in [6, 6.07) is 36.0. The SMILES string of the molecule is NC1(Cl)CC=C(c2ccc3c(c2)c2ccccc2n3-c2ccccc2)C=C1c1ccccc1. The molecule has 1 aromatic heterocycles. The van der Waals surface area contributed by atoms with Gasteiger partial charge in [-0.15, -0.1) is 0 Å². The molecular formula is C30H23ClN2. The Kier molecular flexibility index (Phi) is 4.72. The lowest BCUT2D eigenvalue weighted by molar-refractivity contribution is 0.765. The predicted molar refractivity (Wildman–Crippen MR) is 141 cm³/mol. The fourth-order valence-corrected chi connectivity index (χ4v) is 5.09. The van der Waals surface area contributed by atoms with Gasteiger partial charge >= 0.3 is 0 Å². The van der Waals surface area contributed by atoms with Gasteiger partial charge in [-0.2, -0.15) is 0 Å². The first-order valence-corrected chi connectivity index (χ1v) is 11.5. The molecule has 0 fully saturated rings. The predicted octanol–water partition coefficient (Wildman–Crippen LogP) is 7.55. The largest absolute Gasteiger partial charge is 0.309 e. The van der Waals surface area contributed by atoms with Crippen LogP contribution in [0.15, 0.2) is 115 Å². The first-order valence-electron chi connectivity index (χ1n) is 11.2. The lowest BCUT2D eigenvalue weighted by Crippen LogP contribution is -2.35. The van der Waals surface area contributed by atoms with Gasteiger partial charge in [0.25, 0.3) is 0 Å². The molecule has 2 N–H and O–H groups in total. The Balaban J connectivity index is 1.53. The molecule has 0 saturated carbocycles. The van der Waals surface area contributed by atoms with Gasteiger partial charge in [0, 0.05) is 22.9 Å². The summed E-state index contributed by atoms with van der Waals surface area (Å²) in [5.41, 5.74) is 14.4. The highest BCUT2D eigenvalue weighted by atomic mass is 35.5. The minimum absolute atomic E-state index is 0.578. The first-order chi connectivity index (χ1) is 16.1. The number of halogens is 1. The lowest BCUT2D eigenvalue weighted by atomic mass is 9.87. The quantitative estimate of drug-likeness (QED) is 0.225. The van der Waals surface area contributed by atoms with Crippen LogP contribution in [0.2, 0.25) is 0 Å². The Labute approximate surface area is 198 Å². The van der Waals surface area contributed by atoms with Gasteiger partial charge in [-0.05, 0) is 58.7 Å². The molecule has 0 bridgehead atoms. The van der Waals surface area contributed by atoms with E-state index in [4.69, 9.17) is 17.3 Å². The van der Waals surface area contributed by atoms with Crippen LogP contribution in [0.25, 0.3) is 38.6 Å². The van der Waals surface area contributed by atoms with E-state index in [0.717, 1.165) is 22.4 Å². The van der Waals surface area contributed by atoms with Crippen molar-refractivity contribution in [2.75, 3.05) is 0 Å². The van der Waals surface area contributed by atoms with E-state index in [1.54, 1.807) is 0 Å². The van der Waals surface area contributed by atoms with E-state index >= 15 is 0 Å². The van der Waals surface area contributed by atoms with E-state index in [1.165, 1.54) is 27.4 Å². The number of hydrogen-bond acceptors (Lipinski definition) is 1. The zero-order valence-electron chi connectivity index (χ0n) is 18.1. The average Bonchev–Trinajstić information content (AvgIpc) is 3.19. The van der Waals surface area contributed by atoms with Crippen LogP contribution < -0.4 is 5.73 Å².